The van der Waals surface area contributed by atoms with E-state index in [-0.39, 0.29) is 24.7 Å². The van der Waals surface area contributed by atoms with Crippen molar-refractivity contribution in [1.29, 1.82) is 0 Å². The molecule has 216 valence electrons. The zero-order valence-corrected chi connectivity index (χ0v) is 25.8. The van der Waals surface area contributed by atoms with Crippen LogP contribution in [0.1, 0.15) is 72.9 Å². The van der Waals surface area contributed by atoms with Crippen LogP contribution in [-0.2, 0) is 27.4 Å². The Balaban J connectivity index is -0.000000216. The number of aryl methyl sites for hydroxylation is 1. The Morgan fingerprint density at radius 3 is 1.37 bits per heavy atom. The van der Waals surface area contributed by atoms with Crippen molar-refractivity contribution in [1.82, 2.24) is 0 Å². The van der Waals surface area contributed by atoms with Crippen molar-refractivity contribution in [3.63, 3.8) is 0 Å². The summed E-state index contributed by atoms with van der Waals surface area (Å²) in [5.74, 6) is 0.320. The van der Waals surface area contributed by atoms with E-state index in [9.17, 15) is 9.59 Å². The second-order valence-electron chi connectivity index (χ2n) is 8.58. The molecule has 0 aliphatic rings. The van der Waals surface area contributed by atoms with Gasteiger partial charge >= 0.3 is 13.1 Å². The molecule has 8 heteroatoms. The summed E-state index contributed by atoms with van der Waals surface area (Å²) >= 11 is 0. The van der Waals surface area contributed by atoms with E-state index in [0.717, 1.165) is 12.0 Å². The molecule has 0 saturated carbocycles. The molecule has 6 nitrogen and oxygen atoms in total. The highest BCUT2D eigenvalue weighted by atomic mass is 16.5. The van der Waals surface area contributed by atoms with Crippen LogP contribution in [0.2, 0.25) is 20.5 Å². The maximum absolute atomic E-state index is 11.3. The summed E-state index contributed by atoms with van der Waals surface area (Å²) in [6.07, 6.45) is 1.54. The molecule has 3 N–H and O–H groups in total. The Bertz CT molecular complexity index is 681. The van der Waals surface area contributed by atoms with Gasteiger partial charge in [-0.15, -0.1) is 0 Å². The first kappa shape index (κ1) is 42.7. The summed E-state index contributed by atoms with van der Waals surface area (Å²) in [4.78, 5) is 22.4. The van der Waals surface area contributed by atoms with Crippen LogP contribution in [0.3, 0.4) is 0 Å². The first-order valence-corrected chi connectivity index (χ1v) is 13.7. The number of carbonyl (C=O) groups excluding carboxylic acids is 2. The van der Waals surface area contributed by atoms with E-state index in [1.165, 1.54) is 12.4 Å². The third-order valence-corrected chi connectivity index (χ3v) is 3.84. The van der Waals surface area contributed by atoms with E-state index in [0.29, 0.717) is 18.8 Å². The third-order valence-electron chi connectivity index (χ3n) is 3.84. The monoisotopic (exact) mass is 532 g/mol. The zero-order chi connectivity index (χ0) is 30.5. The highest BCUT2D eigenvalue weighted by Gasteiger charge is 2.07. The molecule has 0 aliphatic carbocycles. The predicted molar refractivity (Wildman–Crippen MR) is 164 cm³/mol. The Hall–Kier alpha value is -2.41. The molecule has 0 saturated heterocycles. The van der Waals surface area contributed by atoms with Gasteiger partial charge in [0.1, 0.15) is 12.4 Å². The fourth-order valence-corrected chi connectivity index (χ4v) is 2.10. The molecule has 0 amide bonds. The van der Waals surface area contributed by atoms with Gasteiger partial charge in [0.05, 0.1) is 5.92 Å². The molecule has 0 fully saturated rings. The number of Topliss-reactive ketones (excluding diaryl/α,β-unsaturated/α-hetero) is 1. The van der Waals surface area contributed by atoms with Gasteiger partial charge in [-0.1, -0.05) is 130 Å². The Kier molecular flexibility index (Phi) is 34.6. The molecule has 0 heterocycles. The summed E-state index contributed by atoms with van der Waals surface area (Å²) < 4.78 is 5.05. The lowest BCUT2D eigenvalue weighted by molar-refractivity contribution is -0.148. The number of carbonyl (C=O) groups is 2. The minimum atomic E-state index is -1.17. The van der Waals surface area contributed by atoms with E-state index < -0.39 is 7.12 Å². The van der Waals surface area contributed by atoms with E-state index >= 15 is 0 Å². The molecule has 0 aromatic heterocycles. The van der Waals surface area contributed by atoms with Crippen LogP contribution in [0.5, 0.6) is 0 Å². The quantitative estimate of drug-likeness (QED) is 0.274. The number of ether oxygens (including phenoxy) is 1. The van der Waals surface area contributed by atoms with E-state index in [1.54, 1.807) is 13.6 Å². The average molecular weight is 532 g/mol. The number of benzene rings is 2. The first-order chi connectivity index (χ1) is 17.9. The van der Waals surface area contributed by atoms with E-state index in [4.69, 9.17) is 19.8 Å². The lowest BCUT2D eigenvalue weighted by Gasteiger charge is -2.06. The molecule has 38 heavy (non-hydrogen) atoms. The van der Waals surface area contributed by atoms with Crippen LogP contribution >= 0.6 is 0 Å². The van der Waals surface area contributed by atoms with Crippen LogP contribution in [-0.4, -0.2) is 40.9 Å². The van der Waals surface area contributed by atoms with Crippen molar-refractivity contribution in [2.24, 2.45) is 11.8 Å². The highest BCUT2D eigenvalue weighted by Crippen LogP contribution is 2.06. The second-order valence-corrected chi connectivity index (χ2v) is 8.58. The number of esters is 1. The number of rotatable bonds is 7. The molecule has 2 aromatic carbocycles. The Morgan fingerprint density at radius 2 is 1.05 bits per heavy atom. The van der Waals surface area contributed by atoms with Gasteiger partial charge < -0.3 is 19.8 Å². The average Bonchev–Trinajstić information content (AvgIpc) is 2.89. The lowest BCUT2D eigenvalue weighted by Crippen LogP contribution is -2.11. The van der Waals surface area contributed by atoms with E-state index in [1.807, 2.05) is 104 Å². The number of hydrogen-bond donors (Lipinski definition) is 3. The van der Waals surface area contributed by atoms with Crippen molar-refractivity contribution in [3.05, 3.63) is 71.8 Å². The fourth-order valence-electron chi connectivity index (χ4n) is 2.10. The van der Waals surface area contributed by atoms with Crippen molar-refractivity contribution in [2.75, 3.05) is 0 Å². The van der Waals surface area contributed by atoms with Crippen molar-refractivity contribution < 1.29 is 29.4 Å². The summed E-state index contributed by atoms with van der Waals surface area (Å²) in [5, 5.41) is 23.3. The normalized spacial score (nSPS) is 8.74. The first-order valence-electron chi connectivity index (χ1n) is 13.7. The molecular formula is C30H54B2O6. The Morgan fingerprint density at radius 1 is 0.711 bits per heavy atom. The smallest absolute Gasteiger partial charge is 0.448 e. The number of hydrogen-bond acceptors (Lipinski definition) is 6. The summed E-state index contributed by atoms with van der Waals surface area (Å²) in [6, 6.07) is 19.8. The maximum Gasteiger partial charge on any atom is 0.448 e. The maximum atomic E-state index is 11.3. The van der Waals surface area contributed by atoms with Crippen LogP contribution < -0.4 is 0 Å². The van der Waals surface area contributed by atoms with Gasteiger partial charge in [0, 0.05) is 12.3 Å². The topological polar surface area (TPSA) is 104 Å². The van der Waals surface area contributed by atoms with Crippen LogP contribution in [0, 0.1) is 11.8 Å². The van der Waals surface area contributed by atoms with Crippen molar-refractivity contribution in [2.45, 2.75) is 95.3 Å². The molecule has 0 unspecified atom stereocenters. The van der Waals surface area contributed by atoms with Gasteiger partial charge in [0.2, 0.25) is 0 Å². The van der Waals surface area contributed by atoms with E-state index in [2.05, 4.69) is 12.1 Å². The molecule has 0 bridgehead atoms. The molecule has 0 aliphatic heterocycles. The zero-order valence-electron chi connectivity index (χ0n) is 25.8. The summed E-state index contributed by atoms with van der Waals surface area (Å²) in [7, 11) is -1.17. The molecule has 0 atom stereocenters. The lowest BCUT2D eigenvalue weighted by atomic mass is 9.76. The van der Waals surface area contributed by atoms with Gasteiger partial charge in [-0.2, -0.15) is 0 Å². The van der Waals surface area contributed by atoms with Gasteiger partial charge in [-0.3, -0.25) is 9.59 Å². The number of ketones is 1. The summed E-state index contributed by atoms with van der Waals surface area (Å²) in [5.41, 5.74) is 2.27. The van der Waals surface area contributed by atoms with Crippen LogP contribution in [0.25, 0.3) is 0 Å². The van der Waals surface area contributed by atoms with Gasteiger partial charge in [-0.05, 0) is 24.4 Å². The SMILES string of the molecule is CB(C)O.CB(O)O.CC.CC.CC(C)C(=O)CCc1ccccc1.CC(C)C(=O)OCc1ccccc1. The van der Waals surface area contributed by atoms with Crippen LogP contribution in [0.4, 0.5) is 0 Å². The van der Waals surface area contributed by atoms with Gasteiger partial charge in [0.25, 0.3) is 6.92 Å². The van der Waals surface area contributed by atoms with Crippen LogP contribution in [0.15, 0.2) is 60.7 Å². The Labute approximate surface area is 234 Å². The second kappa shape index (κ2) is 30.8. The van der Waals surface area contributed by atoms with Gasteiger partial charge in [-0.25, -0.2) is 0 Å². The predicted octanol–water partition coefficient (Wildman–Crippen LogP) is 6.60. The molecule has 0 spiro atoms. The molecule has 2 rings (SSSR count). The molecule has 2 aromatic rings. The molecular weight excluding hydrogens is 478 g/mol. The fraction of sp³-hybridized carbons (Fsp3) is 0.533. The minimum absolute atomic E-state index is 0.0521. The van der Waals surface area contributed by atoms with Gasteiger partial charge in [0.15, 0.2) is 0 Å². The molecule has 0 radical (unpaired) electrons. The standard InChI is InChI=1S/C12H16O.C11H14O2.C2H7BO.2C2H6.CH5BO2/c1-10(2)12(13)9-8-11-6-4-3-5-7-11;1-9(2)11(12)13-8-10-6-4-3-5-7-10;1-3(2)4;2*1-2;1-2(3)4/h3-7,10H,8-9H2,1-2H3;3-7,9H,8H2,1-2H3;4H,1-2H3;2*1-2H3;3-4H,1H3. The highest BCUT2D eigenvalue weighted by molar-refractivity contribution is 6.46. The largest absolute Gasteiger partial charge is 0.461 e. The minimum Gasteiger partial charge on any atom is -0.461 e. The summed E-state index contributed by atoms with van der Waals surface area (Å²) in [6.45, 7) is 20.5. The third kappa shape index (κ3) is 35.8. The van der Waals surface area contributed by atoms with Crippen molar-refractivity contribution >= 4 is 25.8 Å². The van der Waals surface area contributed by atoms with Crippen molar-refractivity contribution in [3.8, 4) is 0 Å².